The van der Waals surface area contributed by atoms with E-state index in [1.807, 2.05) is 6.08 Å². The molecule has 9 heteroatoms. The molecular weight excluding hydrogens is 863 g/mol. The van der Waals surface area contributed by atoms with E-state index in [1.54, 1.807) is 6.08 Å². The highest BCUT2D eigenvalue weighted by Crippen LogP contribution is 2.23. The number of unbranched alkanes of at least 4 members (excludes halogenated alkanes) is 40. The maximum atomic E-state index is 13.1. The standard InChI is InChI=1S/C60H115NO8/c1-3-5-7-9-11-13-15-17-19-21-22-23-24-25-26-27-28-29-30-31-32-34-36-38-40-42-44-46-48-50-56(64)61-53(52-68-60-59(67)58(66)57(65)55(51-62)69-60)54(63)49-47-45-43-41-39-37-35-33-20-18-16-14-12-10-8-6-4-2/h39,41,47,49,53-55,57-60,62-63,65-67H,3-38,40,42-46,48,50-52H2,1-2H3,(H,61,64)/b41-39+,49-47+. The zero-order valence-electron chi connectivity index (χ0n) is 45.3. The van der Waals surface area contributed by atoms with Crippen LogP contribution in [0.15, 0.2) is 24.3 Å². The first-order valence-corrected chi connectivity index (χ1v) is 30.1. The number of aliphatic hydroxyl groups excluding tert-OH is 5. The number of allylic oxidation sites excluding steroid dienone is 3. The molecule has 0 bridgehead atoms. The van der Waals surface area contributed by atoms with Crippen molar-refractivity contribution in [3.8, 4) is 0 Å². The van der Waals surface area contributed by atoms with Crippen molar-refractivity contribution in [3.05, 3.63) is 24.3 Å². The van der Waals surface area contributed by atoms with Crippen LogP contribution in [0.1, 0.15) is 296 Å². The van der Waals surface area contributed by atoms with Gasteiger partial charge in [0, 0.05) is 6.42 Å². The van der Waals surface area contributed by atoms with Gasteiger partial charge in [-0.25, -0.2) is 0 Å². The Morgan fingerprint density at radius 3 is 1.22 bits per heavy atom. The Labute approximate surface area is 426 Å². The SMILES string of the molecule is CCCCCCCCCCCCC/C=C/CC/C=C/C(O)C(COC1OC(CO)C(O)C(O)C1O)NC(=O)CCCCCCCCCCCCCCCCCCCCCCCCCCCCCCC. The Balaban J connectivity index is 2.16. The average Bonchev–Trinajstić information content (AvgIpc) is 3.35. The lowest BCUT2D eigenvalue weighted by atomic mass is 9.99. The summed E-state index contributed by atoms with van der Waals surface area (Å²) in [5.41, 5.74) is 0. The van der Waals surface area contributed by atoms with Crippen molar-refractivity contribution >= 4 is 5.91 Å². The molecule has 7 unspecified atom stereocenters. The Morgan fingerprint density at radius 2 is 0.826 bits per heavy atom. The van der Waals surface area contributed by atoms with E-state index < -0.39 is 49.5 Å². The number of amides is 1. The third kappa shape index (κ3) is 39.8. The monoisotopic (exact) mass is 978 g/mol. The molecule has 0 aromatic rings. The van der Waals surface area contributed by atoms with Gasteiger partial charge in [-0.05, 0) is 32.1 Å². The minimum Gasteiger partial charge on any atom is -0.394 e. The van der Waals surface area contributed by atoms with Gasteiger partial charge in [-0.2, -0.15) is 0 Å². The number of hydrogen-bond donors (Lipinski definition) is 6. The van der Waals surface area contributed by atoms with Crippen LogP contribution in [0.5, 0.6) is 0 Å². The fraction of sp³-hybridized carbons (Fsp3) is 0.917. The van der Waals surface area contributed by atoms with E-state index in [9.17, 15) is 30.3 Å². The summed E-state index contributed by atoms with van der Waals surface area (Å²) in [4.78, 5) is 13.1. The fourth-order valence-electron chi connectivity index (χ4n) is 9.76. The predicted octanol–water partition coefficient (Wildman–Crippen LogP) is 15.0. The second-order valence-corrected chi connectivity index (χ2v) is 21.1. The lowest BCUT2D eigenvalue weighted by Crippen LogP contribution is -2.60. The van der Waals surface area contributed by atoms with E-state index in [0.29, 0.717) is 6.42 Å². The van der Waals surface area contributed by atoms with Gasteiger partial charge in [0.15, 0.2) is 6.29 Å². The first-order chi connectivity index (χ1) is 33.8. The maximum Gasteiger partial charge on any atom is 0.220 e. The smallest absolute Gasteiger partial charge is 0.220 e. The van der Waals surface area contributed by atoms with Gasteiger partial charge in [0.25, 0.3) is 0 Å². The first-order valence-electron chi connectivity index (χ1n) is 30.1. The number of nitrogens with one attached hydrogen (secondary N) is 1. The summed E-state index contributed by atoms with van der Waals surface area (Å²) in [6, 6.07) is -0.818. The quantitative estimate of drug-likeness (QED) is 0.0261. The van der Waals surface area contributed by atoms with E-state index in [-0.39, 0.29) is 12.5 Å². The van der Waals surface area contributed by atoms with E-state index in [2.05, 4.69) is 31.3 Å². The molecule has 7 atom stereocenters. The number of rotatable bonds is 52. The van der Waals surface area contributed by atoms with Crippen LogP contribution in [0.4, 0.5) is 0 Å². The molecule has 0 saturated carbocycles. The van der Waals surface area contributed by atoms with Gasteiger partial charge in [0.05, 0.1) is 25.4 Å². The summed E-state index contributed by atoms with van der Waals surface area (Å²) in [6.07, 6.45) is 56.9. The maximum absolute atomic E-state index is 13.1. The van der Waals surface area contributed by atoms with Gasteiger partial charge in [0.1, 0.15) is 24.4 Å². The fourth-order valence-corrected chi connectivity index (χ4v) is 9.76. The first kappa shape index (κ1) is 65.7. The highest BCUT2D eigenvalue weighted by molar-refractivity contribution is 5.76. The van der Waals surface area contributed by atoms with Gasteiger partial charge in [-0.15, -0.1) is 0 Å². The van der Waals surface area contributed by atoms with Crippen LogP contribution in [0.2, 0.25) is 0 Å². The topological polar surface area (TPSA) is 149 Å². The van der Waals surface area contributed by atoms with Crippen molar-refractivity contribution in [2.24, 2.45) is 0 Å². The van der Waals surface area contributed by atoms with Crippen LogP contribution in [-0.4, -0.2) is 87.5 Å². The molecule has 1 fully saturated rings. The van der Waals surface area contributed by atoms with Crippen molar-refractivity contribution in [2.45, 2.75) is 339 Å². The largest absolute Gasteiger partial charge is 0.394 e. The van der Waals surface area contributed by atoms with E-state index in [0.717, 1.165) is 38.5 Å². The molecule has 1 rings (SSSR count). The summed E-state index contributed by atoms with van der Waals surface area (Å²) in [6.45, 7) is 3.80. The minimum atomic E-state index is -1.57. The highest BCUT2D eigenvalue weighted by atomic mass is 16.7. The van der Waals surface area contributed by atoms with Gasteiger partial charge < -0.3 is 40.3 Å². The van der Waals surface area contributed by atoms with Crippen molar-refractivity contribution in [1.82, 2.24) is 5.32 Å². The normalized spacial score (nSPS) is 19.6. The number of carbonyl (C=O) groups excluding carboxylic acids is 1. The van der Waals surface area contributed by atoms with Gasteiger partial charge in [0.2, 0.25) is 5.91 Å². The summed E-state index contributed by atoms with van der Waals surface area (Å²) in [5.74, 6) is -0.180. The summed E-state index contributed by atoms with van der Waals surface area (Å²) in [5, 5.41) is 54.5. The van der Waals surface area contributed by atoms with Crippen molar-refractivity contribution in [3.63, 3.8) is 0 Å². The highest BCUT2D eigenvalue weighted by Gasteiger charge is 2.44. The molecule has 6 N–H and O–H groups in total. The minimum absolute atomic E-state index is 0.180. The van der Waals surface area contributed by atoms with Crippen LogP contribution in [0.3, 0.4) is 0 Å². The number of carbonyl (C=O) groups is 1. The second-order valence-electron chi connectivity index (χ2n) is 21.1. The molecule has 1 aliphatic heterocycles. The molecular formula is C60H115NO8. The average molecular weight is 979 g/mol. The van der Waals surface area contributed by atoms with Gasteiger partial charge in [-0.3, -0.25) is 4.79 Å². The van der Waals surface area contributed by atoms with Crippen LogP contribution in [0, 0.1) is 0 Å². The molecule has 1 amide bonds. The van der Waals surface area contributed by atoms with Gasteiger partial charge in [-0.1, -0.05) is 282 Å². The summed E-state index contributed by atoms with van der Waals surface area (Å²) >= 11 is 0. The van der Waals surface area contributed by atoms with Crippen LogP contribution in [-0.2, 0) is 14.3 Å². The third-order valence-corrected chi connectivity index (χ3v) is 14.5. The zero-order chi connectivity index (χ0) is 50.1. The summed E-state index contributed by atoms with van der Waals surface area (Å²) in [7, 11) is 0. The van der Waals surface area contributed by atoms with E-state index in [1.165, 1.54) is 238 Å². The van der Waals surface area contributed by atoms with Crippen molar-refractivity contribution < 1.29 is 39.8 Å². The van der Waals surface area contributed by atoms with Crippen LogP contribution in [0.25, 0.3) is 0 Å². The number of ether oxygens (including phenoxy) is 2. The Hall–Kier alpha value is -1.33. The molecule has 0 aromatic carbocycles. The Bertz CT molecular complexity index is 1130. The van der Waals surface area contributed by atoms with E-state index in [4.69, 9.17) is 9.47 Å². The predicted molar refractivity (Wildman–Crippen MR) is 290 cm³/mol. The summed E-state index contributed by atoms with van der Waals surface area (Å²) < 4.78 is 11.3. The lowest BCUT2D eigenvalue weighted by molar-refractivity contribution is -0.302. The molecule has 69 heavy (non-hydrogen) atoms. The van der Waals surface area contributed by atoms with Crippen molar-refractivity contribution in [1.29, 1.82) is 0 Å². The molecule has 9 nitrogen and oxygen atoms in total. The van der Waals surface area contributed by atoms with Gasteiger partial charge >= 0.3 is 0 Å². The lowest BCUT2D eigenvalue weighted by Gasteiger charge is -2.40. The van der Waals surface area contributed by atoms with Crippen LogP contribution < -0.4 is 5.32 Å². The third-order valence-electron chi connectivity index (χ3n) is 14.5. The molecule has 0 radical (unpaired) electrons. The molecule has 1 saturated heterocycles. The molecule has 408 valence electrons. The molecule has 0 aliphatic carbocycles. The number of aliphatic hydroxyl groups is 5. The number of hydrogen-bond acceptors (Lipinski definition) is 8. The van der Waals surface area contributed by atoms with Crippen molar-refractivity contribution in [2.75, 3.05) is 13.2 Å². The molecule has 0 aromatic heterocycles. The Kier molecular flexibility index (Phi) is 47.8. The molecule has 1 heterocycles. The van der Waals surface area contributed by atoms with E-state index >= 15 is 0 Å². The molecule has 0 spiro atoms. The van der Waals surface area contributed by atoms with Crippen LogP contribution >= 0.6 is 0 Å². The Morgan fingerprint density at radius 1 is 0.478 bits per heavy atom. The second kappa shape index (κ2) is 50.2. The molecule has 1 aliphatic rings. The zero-order valence-corrected chi connectivity index (χ0v) is 45.3.